The van der Waals surface area contributed by atoms with Gasteiger partial charge in [-0.15, -0.1) is 0 Å². The summed E-state index contributed by atoms with van der Waals surface area (Å²) in [6.07, 6.45) is 3.99. The van der Waals surface area contributed by atoms with E-state index in [0.29, 0.717) is 38.2 Å². The first kappa shape index (κ1) is 18.9. The van der Waals surface area contributed by atoms with Gasteiger partial charge in [-0.2, -0.15) is 0 Å². The third-order valence-electron chi connectivity index (χ3n) is 6.75. The zero-order valence-electron chi connectivity index (χ0n) is 16.2. The van der Waals surface area contributed by atoms with E-state index >= 15 is 0 Å². The summed E-state index contributed by atoms with van der Waals surface area (Å²) < 4.78 is 0. The molecule has 2 amide bonds. The highest BCUT2D eigenvalue weighted by Crippen LogP contribution is 2.49. The van der Waals surface area contributed by atoms with Crippen molar-refractivity contribution in [1.82, 2.24) is 4.90 Å². The van der Waals surface area contributed by atoms with Crippen molar-refractivity contribution in [3.05, 3.63) is 24.3 Å². The molecule has 0 radical (unpaired) electrons. The Hall–Kier alpha value is -2.41. The minimum absolute atomic E-state index is 0.111. The molecule has 4 rings (SSSR count). The van der Waals surface area contributed by atoms with Crippen molar-refractivity contribution < 1.29 is 19.5 Å². The zero-order chi connectivity index (χ0) is 19.9. The summed E-state index contributed by atoms with van der Waals surface area (Å²) in [7, 11) is 0. The fraction of sp³-hybridized carbons (Fsp3) is 0.571. The Morgan fingerprint density at radius 3 is 2.82 bits per heavy atom. The molecule has 150 valence electrons. The molecule has 3 fully saturated rings. The van der Waals surface area contributed by atoms with Gasteiger partial charge in [0.15, 0.2) is 0 Å². The van der Waals surface area contributed by atoms with E-state index in [4.69, 9.17) is 0 Å². The Kier molecular flexibility index (Phi) is 4.87. The number of hydrogen-bond donors (Lipinski definition) is 2. The summed E-state index contributed by atoms with van der Waals surface area (Å²) >= 11 is 0. The van der Waals surface area contributed by atoms with Gasteiger partial charge in [0.05, 0.1) is 11.5 Å². The van der Waals surface area contributed by atoms with Crippen LogP contribution in [0, 0.1) is 11.3 Å². The number of carbonyl (C=O) groups excluding carboxylic acids is 2. The number of nitrogens with one attached hydrogen (secondary N) is 1. The van der Waals surface area contributed by atoms with Gasteiger partial charge in [0, 0.05) is 37.4 Å². The number of carbonyl (C=O) groups is 3. The molecule has 1 aromatic carbocycles. The second-order valence-corrected chi connectivity index (χ2v) is 8.34. The maximum atomic E-state index is 12.8. The molecule has 1 unspecified atom stereocenters. The van der Waals surface area contributed by atoms with Crippen LogP contribution in [0.5, 0.6) is 0 Å². The zero-order valence-corrected chi connectivity index (χ0v) is 16.2. The van der Waals surface area contributed by atoms with E-state index in [2.05, 4.69) is 5.32 Å². The molecule has 0 spiro atoms. The predicted octanol–water partition coefficient (Wildman–Crippen LogP) is 2.33. The van der Waals surface area contributed by atoms with Crippen molar-refractivity contribution in [3.8, 4) is 0 Å². The molecular formula is C21H27N3O4. The van der Waals surface area contributed by atoms with Crippen molar-refractivity contribution in [2.45, 2.75) is 45.1 Å². The second-order valence-electron chi connectivity index (χ2n) is 8.34. The molecule has 28 heavy (non-hydrogen) atoms. The van der Waals surface area contributed by atoms with Crippen molar-refractivity contribution >= 4 is 29.2 Å². The van der Waals surface area contributed by atoms with Gasteiger partial charge in [-0.1, -0.05) is 12.5 Å². The summed E-state index contributed by atoms with van der Waals surface area (Å²) in [6, 6.07) is 6.94. The maximum absolute atomic E-state index is 12.8. The highest BCUT2D eigenvalue weighted by Gasteiger charge is 2.55. The van der Waals surface area contributed by atoms with Crippen molar-refractivity contribution in [2.75, 3.05) is 29.9 Å². The Morgan fingerprint density at radius 2 is 2.14 bits per heavy atom. The van der Waals surface area contributed by atoms with E-state index in [0.717, 1.165) is 24.9 Å². The molecule has 2 N–H and O–H groups in total. The van der Waals surface area contributed by atoms with Crippen LogP contribution in [0.2, 0.25) is 0 Å². The summed E-state index contributed by atoms with van der Waals surface area (Å²) in [4.78, 5) is 40.4. The van der Waals surface area contributed by atoms with Gasteiger partial charge in [-0.3, -0.25) is 19.3 Å². The lowest BCUT2D eigenvalue weighted by Crippen LogP contribution is -2.43. The van der Waals surface area contributed by atoms with Gasteiger partial charge >= 0.3 is 5.97 Å². The third-order valence-corrected chi connectivity index (χ3v) is 6.75. The van der Waals surface area contributed by atoms with E-state index in [-0.39, 0.29) is 17.7 Å². The summed E-state index contributed by atoms with van der Waals surface area (Å²) in [5.74, 6) is -0.636. The van der Waals surface area contributed by atoms with Crippen molar-refractivity contribution in [3.63, 3.8) is 0 Å². The highest BCUT2D eigenvalue weighted by molar-refractivity contribution is 5.98. The number of carboxylic acids is 1. The molecule has 3 atom stereocenters. The fourth-order valence-corrected chi connectivity index (χ4v) is 5.06. The molecule has 2 heterocycles. The quantitative estimate of drug-likeness (QED) is 0.812. The largest absolute Gasteiger partial charge is 0.481 e. The highest BCUT2D eigenvalue weighted by atomic mass is 16.4. The van der Waals surface area contributed by atoms with Crippen LogP contribution >= 0.6 is 0 Å². The first-order valence-corrected chi connectivity index (χ1v) is 10.1. The predicted molar refractivity (Wildman–Crippen MR) is 105 cm³/mol. The van der Waals surface area contributed by atoms with E-state index < -0.39 is 17.4 Å². The molecule has 2 aliphatic heterocycles. The van der Waals surface area contributed by atoms with Gasteiger partial charge in [-0.05, 0) is 50.3 Å². The van der Waals surface area contributed by atoms with Crippen LogP contribution in [0.1, 0.15) is 39.0 Å². The van der Waals surface area contributed by atoms with Crippen LogP contribution in [-0.4, -0.2) is 53.5 Å². The SMILES string of the molecule is CC(C(=O)Nc1cccc(N2CCCC2=O)c1)N1C[C@@H]2CCC[C@@]2(C(=O)O)C1. The van der Waals surface area contributed by atoms with E-state index in [9.17, 15) is 19.5 Å². The van der Waals surface area contributed by atoms with Gasteiger partial charge in [-0.25, -0.2) is 0 Å². The standard InChI is InChI=1S/C21H27N3O4/c1-14(23-12-15-5-3-9-21(15,13-23)20(27)28)19(26)22-16-6-2-7-17(11-16)24-10-4-8-18(24)25/h2,6-7,11,14-15H,3-5,8-10,12-13H2,1H3,(H,22,26)(H,27,28)/t14?,15-,21+/m0/s1. The molecule has 0 bridgehead atoms. The Bertz CT molecular complexity index is 811. The molecule has 2 saturated heterocycles. The number of hydrogen-bond acceptors (Lipinski definition) is 4. The number of benzene rings is 1. The fourth-order valence-electron chi connectivity index (χ4n) is 5.06. The lowest BCUT2D eigenvalue weighted by Gasteiger charge is -2.26. The average Bonchev–Trinajstić information content (AvgIpc) is 3.35. The summed E-state index contributed by atoms with van der Waals surface area (Å²) in [6.45, 7) is 3.63. The molecule has 7 nitrogen and oxygen atoms in total. The van der Waals surface area contributed by atoms with Crippen LogP contribution in [0.4, 0.5) is 11.4 Å². The van der Waals surface area contributed by atoms with Gasteiger partial charge < -0.3 is 15.3 Å². The second kappa shape index (κ2) is 7.20. The van der Waals surface area contributed by atoms with Crippen LogP contribution < -0.4 is 10.2 Å². The van der Waals surface area contributed by atoms with E-state index in [1.165, 1.54) is 0 Å². The summed E-state index contributed by atoms with van der Waals surface area (Å²) in [5, 5.41) is 12.7. The topological polar surface area (TPSA) is 90.0 Å². The van der Waals surface area contributed by atoms with Crippen molar-refractivity contribution in [1.29, 1.82) is 0 Å². The van der Waals surface area contributed by atoms with Crippen LogP contribution in [-0.2, 0) is 14.4 Å². The van der Waals surface area contributed by atoms with Crippen LogP contribution in [0.25, 0.3) is 0 Å². The average molecular weight is 385 g/mol. The van der Waals surface area contributed by atoms with Crippen LogP contribution in [0.3, 0.4) is 0 Å². The lowest BCUT2D eigenvalue weighted by atomic mass is 9.81. The first-order valence-electron chi connectivity index (χ1n) is 10.1. The molecule has 7 heteroatoms. The van der Waals surface area contributed by atoms with Gasteiger partial charge in [0.1, 0.15) is 0 Å². The minimum Gasteiger partial charge on any atom is -0.481 e. The van der Waals surface area contributed by atoms with E-state index in [1.54, 1.807) is 4.90 Å². The first-order chi connectivity index (χ1) is 13.4. The molecule has 0 aromatic heterocycles. The van der Waals surface area contributed by atoms with Gasteiger partial charge in [0.2, 0.25) is 11.8 Å². The normalized spacial score (nSPS) is 28.4. The molecule has 1 aromatic rings. The maximum Gasteiger partial charge on any atom is 0.311 e. The monoisotopic (exact) mass is 385 g/mol. The smallest absolute Gasteiger partial charge is 0.311 e. The third kappa shape index (κ3) is 3.17. The molecule has 1 aliphatic carbocycles. The molecular weight excluding hydrogens is 358 g/mol. The minimum atomic E-state index is -0.729. The number of likely N-dealkylation sites (tertiary alicyclic amines) is 1. The Morgan fingerprint density at radius 1 is 1.32 bits per heavy atom. The Labute approximate surface area is 164 Å². The number of rotatable bonds is 5. The number of aliphatic carboxylic acids is 1. The molecule has 1 saturated carbocycles. The lowest BCUT2D eigenvalue weighted by molar-refractivity contribution is -0.149. The van der Waals surface area contributed by atoms with E-state index in [1.807, 2.05) is 36.1 Å². The summed E-state index contributed by atoms with van der Waals surface area (Å²) in [5.41, 5.74) is 0.764. The number of fused-ring (bicyclic) bond motifs is 1. The van der Waals surface area contributed by atoms with Gasteiger partial charge in [0.25, 0.3) is 0 Å². The number of anilines is 2. The Balaban J connectivity index is 1.43. The van der Waals surface area contributed by atoms with Crippen molar-refractivity contribution in [2.24, 2.45) is 11.3 Å². The number of nitrogens with zero attached hydrogens (tertiary/aromatic N) is 2. The number of amides is 2. The molecule has 3 aliphatic rings. The van der Waals surface area contributed by atoms with Crippen LogP contribution in [0.15, 0.2) is 24.3 Å². The number of carboxylic acid groups (broad SMARTS) is 1.